The minimum absolute atomic E-state index is 0.117. The molecule has 0 amide bonds. The van der Waals surface area contributed by atoms with Gasteiger partial charge in [-0.25, -0.2) is 0 Å². The van der Waals surface area contributed by atoms with E-state index in [1.54, 1.807) is 6.07 Å². The molecule has 0 unspecified atom stereocenters. The van der Waals surface area contributed by atoms with Crippen LogP contribution in [-0.4, -0.2) is 22.6 Å². The van der Waals surface area contributed by atoms with E-state index in [-0.39, 0.29) is 17.8 Å². The number of hydrogen-bond donors (Lipinski definition) is 3. The van der Waals surface area contributed by atoms with Crippen LogP contribution in [0.5, 0.6) is 0 Å². The molecule has 72 valence electrons. The van der Waals surface area contributed by atoms with Crippen LogP contribution in [0.2, 0.25) is 0 Å². The molecule has 14 heavy (non-hydrogen) atoms. The van der Waals surface area contributed by atoms with Crippen molar-refractivity contribution in [3.63, 3.8) is 0 Å². The van der Waals surface area contributed by atoms with Crippen molar-refractivity contribution in [1.29, 1.82) is 5.26 Å². The molecule has 1 aromatic heterocycles. The third kappa shape index (κ3) is 2.10. The quantitative estimate of drug-likeness (QED) is 0.613. The molecular formula is C8H7N3O3. The summed E-state index contributed by atoms with van der Waals surface area (Å²) in [4.78, 5) is 23.6. The highest BCUT2D eigenvalue weighted by molar-refractivity contribution is 5.73. The third-order valence-corrected chi connectivity index (χ3v) is 1.50. The average molecular weight is 193 g/mol. The number of rotatable bonds is 3. The summed E-state index contributed by atoms with van der Waals surface area (Å²) < 4.78 is 0. The Morgan fingerprint density at radius 3 is 3.00 bits per heavy atom. The van der Waals surface area contributed by atoms with Crippen molar-refractivity contribution in [2.45, 2.75) is 0 Å². The van der Waals surface area contributed by atoms with Crippen molar-refractivity contribution in [3.05, 3.63) is 28.2 Å². The van der Waals surface area contributed by atoms with Crippen molar-refractivity contribution in [1.82, 2.24) is 4.98 Å². The van der Waals surface area contributed by atoms with E-state index in [2.05, 4.69) is 10.3 Å². The normalized spacial score (nSPS) is 9.07. The highest BCUT2D eigenvalue weighted by atomic mass is 16.4. The number of H-pyrrole nitrogens is 1. The molecule has 6 nitrogen and oxygen atoms in total. The summed E-state index contributed by atoms with van der Waals surface area (Å²) in [6.07, 6.45) is 1.34. The van der Waals surface area contributed by atoms with Crippen LogP contribution in [0.25, 0.3) is 0 Å². The van der Waals surface area contributed by atoms with Crippen molar-refractivity contribution in [3.8, 4) is 6.07 Å². The van der Waals surface area contributed by atoms with Gasteiger partial charge < -0.3 is 15.4 Å². The first-order valence-corrected chi connectivity index (χ1v) is 3.72. The molecule has 0 saturated heterocycles. The van der Waals surface area contributed by atoms with Crippen molar-refractivity contribution < 1.29 is 9.90 Å². The zero-order valence-corrected chi connectivity index (χ0v) is 7.07. The summed E-state index contributed by atoms with van der Waals surface area (Å²) >= 11 is 0. The molecule has 0 atom stereocenters. The minimum atomic E-state index is -1.06. The number of carboxylic acid groups (broad SMARTS) is 1. The Labute approximate surface area is 78.8 Å². The first kappa shape index (κ1) is 9.80. The van der Waals surface area contributed by atoms with Crippen molar-refractivity contribution in [2.24, 2.45) is 0 Å². The van der Waals surface area contributed by atoms with Gasteiger partial charge in [0, 0.05) is 6.20 Å². The van der Waals surface area contributed by atoms with Gasteiger partial charge in [-0.1, -0.05) is 0 Å². The number of pyridine rings is 1. The number of aromatic nitrogens is 1. The van der Waals surface area contributed by atoms with Gasteiger partial charge in [-0.15, -0.1) is 0 Å². The first-order chi connectivity index (χ1) is 6.65. The predicted molar refractivity (Wildman–Crippen MR) is 47.9 cm³/mol. The Hall–Kier alpha value is -2.29. The molecular weight excluding hydrogens is 186 g/mol. The summed E-state index contributed by atoms with van der Waals surface area (Å²) in [5.74, 6) is -1.06. The zero-order valence-electron chi connectivity index (χ0n) is 7.07. The summed E-state index contributed by atoms with van der Waals surface area (Å²) in [5.41, 5.74) is -0.435. The lowest BCUT2D eigenvalue weighted by Crippen LogP contribution is -2.17. The van der Waals surface area contributed by atoms with Crippen LogP contribution in [0.4, 0.5) is 5.69 Å². The molecule has 0 radical (unpaired) electrons. The fraction of sp³-hybridized carbons (Fsp3) is 0.125. The van der Waals surface area contributed by atoms with E-state index < -0.39 is 11.5 Å². The Morgan fingerprint density at radius 1 is 1.71 bits per heavy atom. The zero-order chi connectivity index (χ0) is 10.6. The summed E-state index contributed by atoms with van der Waals surface area (Å²) in [5, 5.41) is 19.4. The van der Waals surface area contributed by atoms with E-state index in [0.717, 1.165) is 0 Å². The highest BCUT2D eigenvalue weighted by Gasteiger charge is 2.06. The predicted octanol–water partition coefficient (Wildman–Crippen LogP) is -0.257. The maximum atomic E-state index is 11.1. The van der Waals surface area contributed by atoms with Gasteiger partial charge in [-0.2, -0.15) is 5.26 Å². The van der Waals surface area contributed by atoms with Crippen LogP contribution in [0.3, 0.4) is 0 Å². The third-order valence-electron chi connectivity index (χ3n) is 1.50. The summed E-state index contributed by atoms with van der Waals surface area (Å²) in [6, 6.07) is 3.12. The van der Waals surface area contributed by atoms with E-state index in [1.165, 1.54) is 12.3 Å². The van der Waals surface area contributed by atoms with Crippen molar-refractivity contribution >= 4 is 11.7 Å². The van der Waals surface area contributed by atoms with E-state index in [1.807, 2.05) is 0 Å². The second kappa shape index (κ2) is 4.09. The molecule has 1 heterocycles. The maximum Gasteiger partial charge on any atom is 0.322 e. The lowest BCUT2D eigenvalue weighted by atomic mass is 10.2. The fourth-order valence-electron chi connectivity index (χ4n) is 0.908. The molecule has 0 aliphatic rings. The Kier molecular flexibility index (Phi) is 2.86. The molecule has 0 aliphatic carbocycles. The molecule has 3 N–H and O–H groups in total. The van der Waals surface area contributed by atoms with Gasteiger partial charge >= 0.3 is 5.97 Å². The topological polar surface area (TPSA) is 106 Å². The molecule has 0 aromatic carbocycles. The van der Waals surface area contributed by atoms with Gasteiger partial charge in [0.15, 0.2) is 0 Å². The smallest absolute Gasteiger partial charge is 0.322 e. The molecule has 6 heteroatoms. The SMILES string of the molecule is N#Cc1c(NCC(=O)O)cc[nH]c1=O. The van der Waals surface area contributed by atoms with Crippen LogP contribution in [-0.2, 0) is 4.79 Å². The summed E-state index contributed by atoms with van der Waals surface area (Å²) in [7, 11) is 0. The lowest BCUT2D eigenvalue weighted by molar-refractivity contribution is -0.134. The summed E-state index contributed by atoms with van der Waals surface area (Å²) in [6.45, 7) is -0.335. The first-order valence-electron chi connectivity index (χ1n) is 3.72. The molecule has 0 aliphatic heterocycles. The van der Waals surface area contributed by atoms with Crippen molar-refractivity contribution in [2.75, 3.05) is 11.9 Å². The second-order valence-electron chi connectivity index (χ2n) is 2.45. The van der Waals surface area contributed by atoms with Crippen LogP contribution >= 0.6 is 0 Å². The minimum Gasteiger partial charge on any atom is -0.480 e. The number of nitrogens with zero attached hydrogens (tertiary/aromatic N) is 1. The molecule has 0 bridgehead atoms. The number of carbonyl (C=O) groups is 1. The number of carboxylic acids is 1. The number of anilines is 1. The van der Waals surface area contributed by atoms with Crippen LogP contribution in [0.1, 0.15) is 5.56 Å². The van der Waals surface area contributed by atoms with E-state index in [0.29, 0.717) is 0 Å². The van der Waals surface area contributed by atoms with E-state index in [4.69, 9.17) is 10.4 Å². The number of hydrogen-bond acceptors (Lipinski definition) is 4. The average Bonchev–Trinajstić information content (AvgIpc) is 2.14. The number of nitriles is 1. The Morgan fingerprint density at radius 2 is 2.43 bits per heavy atom. The molecule has 1 rings (SSSR count). The highest BCUT2D eigenvalue weighted by Crippen LogP contribution is 2.07. The Bertz CT molecular complexity index is 444. The molecule has 0 fully saturated rings. The van der Waals surface area contributed by atoms with Crippen LogP contribution in [0, 0.1) is 11.3 Å². The molecule has 0 spiro atoms. The largest absolute Gasteiger partial charge is 0.480 e. The lowest BCUT2D eigenvalue weighted by Gasteiger charge is -2.03. The standard InChI is InChI=1S/C8H7N3O3/c9-3-5-6(11-4-7(12)13)1-2-10-8(5)14/h1-2H,4H2,(H,12,13)(H2,10,11,14). The number of nitrogens with one attached hydrogen (secondary N) is 2. The van der Waals surface area contributed by atoms with Gasteiger partial charge in [-0.3, -0.25) is 9.59 Å². The number of aliphatic carboxylic acids is 1. The van der Waals surface area contributed by atoms with Gasteiger partial charge in [0.1, 0.15) is 18.2 Å². The van der Waals surface area contributed by atoms with E-state index >= 15 is 0 Å². The monoisotopic (exact) mass is 193 g/mol. The number of aromatic amines is 1. The Balaban J connectivity index is 2.98. The van der Waals surface area contributed by atoms with Gasteiger partial charge in [0.2, 0.25) is 0 Å². The maximum absolute atomic E-state index is 11.1. The fourth-order valence-corrected chi connectivity index (χ4v) is 0.908. The van der Waals surface area contributed by atoms with Gasteiger partial charge in [-0.05, 0) is 6.07 Å². The molecule has 1 aromatic rings. The molecule has 0 saturated carbocycles. The van der Waals surface area contributed by atoms with Gasteiger partial charge in [0.25, 0.3) is 5.56 Å². The second-order valence-corrected chi connectivity index (χ2v) is 2.45. The van der Waals surface area contributed by atoms with E-state index in [9.17, 15) is 9.59 Å². The van der Waals surface area contributed by atoms with Gasteiger partial charge in [0.05, 0.1) is 5.69 Å². The van der Waals surface area contributed by atoms with Crippen LogP contribution < -0.4 is 10.9 Å². The van der Waals surface area contributed by atoms with Crippen LogP contribution in [0.15, 0.2) is 17.1 Å².